The molecule has 0 spiro atoms. The monoisotopic (exact) mass is 508 g/mol. The quantitative estimate of drug-likeness (QED) is 0.184. The molecule has 0 radical (unpaired) electrons. The van der Waals surface area contributed by atoms with Crippen molar-refractivity contribution >= 4 is 33.5 Å². The zero-order valence-corrected chi connectivity index (χ0v) is 21.1. The lowest BCUT2D eigenvalue weighted by Gasteiger charge is -2.38. The molecule has 1 aromatic carbocycles. The third-order valence-electron chi connectivity index (χ3n) is 6.57. The lowest BCUT2D eigenvalue weighted by molar-refractivity contribution is -0.153. The van der Waals surface area contributed by atoms with Crippen LogP contribution in [0.15, 0.2) is 28.1 Å². The van der Waals surface area contributed by atoms with Gasteiger partial charge in [-0.2, -0.15) is 4.72 Å². The lowest BCUT2D eigenvalue weighted by Crippen LogP contribution is -2.56. The predicted molar refractivity (Wildman–Crippen MR) is 133 cm³/mol. The summed E-state index contributed by atoms with van der Waals surface area (Å²) in [6.45, 7) is 5.14. The summed E-state index contributed by atoms with van der Waals surface area (Å²) in [7, 11) is -4.10. The Hall–Kier alpha value is -2.86. The van der Waals surface area contributed by atoms with Crippen molar-refractivity contribution in [1.82, 2.24) is 9.62 Å². The zero-order valence-electron chi connectivity index (χ0n) is 20.2. The average Bonchev–Trinajstić information content (AvgIpc) is 2.79. The van der Waals surface area contributed by atoms with Crippen molar-refractivity contribution in [2.75, 3.05) is 25.0 Å². The fourth-order valence-corrected chi connectivity index (χ4v) is 6.17. The number of para-hydroxylation sites is 1. The summed E-state index contributed by atoms with van der Waals surface area (Å²) in [5.41, 5.74) is 12.2. The van der Waals surface area contributed by atoms with Gasteiger partial charge >= 0.3 is 5.97 Å². The van der Waals surface area contributed by atoms with E-state index in [1.165, 1.54) is 11.0 Å². The second-order valence-electron chi connectivity index (χ2n) is 9.62. The molecule has 1 amide bonds. The Morgan fingerprint density at radius 3 is 2.71 bits per heavy atom. The number of guanidine groups is 1. The Kier molecular flexibility index (Phi) is 8.60. The van der Waals surface area contributed by atoms with E-state index in [9.17, 15) is 23.1 Å². The first kappa shape index (κ1) is 26.7. The molecule has 1 unspecified atom stereocenters. The molecule has 0 saturated carbocycles. The number of aliphatic imine (C=N–C) groups is 1. The van der Waals surface area contributed by atoms with Crippen molar-refractivity contribution < 1.29 is 23.1 Å². The van der Waals surface area contributed by atoms with Gasteiger partial charge in [-0.3, -0.25) is 9.79 Å². The third kappa shape index (κ3) is 6.63. The fourth-order valence-electron chi connectivity index (χ4n) is 4.72. The van der Waals surface area contributed by atoms with Crippen LogP contribution in [0.1, 0.15) is 45.1 Å². The van der Waals surface area contributed by atoms with Crippen LogP contribution in [0.3, 0.4) is 0 Å². The van der Waals surface area contributed by atoms with Crippen LogP contribution in [0.25, 0.3) is 0 Å². The molecular formula is C23H36N6O5S. The molecule has 1 aromatic rings. The van der Waals surface area contributed by atoms with Gasteiger partial charge in [-0.15, -0.1) is 0 Å². The maximum absolute atomic E-state index is 13.5. The highest BCUT2D eigenvalue weighted by atomic mass is 32.2. The Bertz CT molecular complexity index is 1070. The van der Waals surface area contributed by atoms with Gasteiger partial charge in [-0.25, -0.2) is 13.2 Å². The van der Waals surface area contributed by atoms with E-state index in [4.69, 9.17) is 11.5 Å². The van der Waals surface area contributed by atoms with E-state index in [0.29, 0.717) is 37.4 Å². The molecule has 35 heavy (non-hydrogen) atoms. The Morgan fingerprint density at radius 1 is 1.29 bits per heavy atom. The van der Waals surface area contributed by atoms with Crippen LogP contribution in [0, 0.1) is 11.8 Å². The molecule has 2 aliphatic heterocycles. The van der Waals surface area contributed by atoms with E-state index in [1.807, 2.05) is 13.0 Å². The summed E-state index contributed by atoms with van der Waals surface area (Å²) in [6.07, 6.45) is 2.17. The van der Waals surface area contributed by atoms with E-state index in [1.54, 1.807) is 6.07 Å². The first-order valence-corrected chi connectivity index (χ1v) is 13.4. The van der Waals surface area contributed by atoms with Crippen molar-refractivity contribution in [3.63, 3.8) is 0 Å². The number of anilines is 1. The van der Waals surface area contributed by atoms with Crippen LogP contribution in [0.5, 0.6) is 0 Å². The summed E-state index contributed by atoms with van der Waals surface area (Å²) in [5.74, 6) is -1.22. The summed E-state index contributed by atoms with van der Waals surface area (Å²) >= 11 is 0. The topological polar surface area (TPSA) is 180 Å². The SMILES string of the molecule is C[C@@H]1CNc2c(cccc2S(=O)(=O)NC(CCCN=C(N)N)C(=O)N2CC[C@@H](C)C[C@H]2C(=O)O)C1. The maximum Gasteiger partial charge on any atom is 0.326 e. The molecular weight excluding hydrogens is 472 g/mol. The molecule has 2 heterocycles. The van der Waals surface area contributed by atoms with Gasteiger partial charge in [0.1, 0.15) is 17.0 Å². The molecule has 4 atom stereocenters. The highest BCUT2D eigenvalue weighted by Crippen LogP contribution is 2.31. The third-order valence-corrected chi connectivity index (χ3v) is 8.09. The number of carboxylic acids is 1. The molecule has 2 aliphatic rings. The number of likely N-dealkylation sites (tertiary alicyclic amines) is 1. The van der Waals surface area contributed by atoms with Gasteiger partial charge < -0.3 is 26.8 Å². The molecule has 3 rings (SSSR count). The molecule has 1 saturated heterocycles. The van der Waals surface area contributed by atoms with Crippen molar-refractivity contribution in [2.45, 2.75) is 62.9 Å². The number of sulfonamides is 1. The van der Waals surface area contributed by atoms with Gasteiger partial charge in [0.25, 0.3) is 0 Å². The normalized spacial score (nSPS) is 23.0. The van der Waals surface area contributed by atoms with Gasteiger partial charge in [-0.05, 0) is 55.6 Å². The van der Waals surface area contributed by atoms with E-state index in [-0.39, 0.29) is 36.3 Å². The summed E-state index contributed by atoms with van der Waals surface area (Å²) in [4.78, 5) is 30.7. The minimum atomic E-state index is -4.10. The number of piperidine rings is 1. The van der Waals surface area contributed by atoms with Crippen LogP contribution in [0.4, 0.5) is 5.69 Å². The average molecular weight is 509 g/mol. The highest BCUT2D eigenvalue weighted by molar-refractivity contribution is 7.89. The number of carbonyl (C=O) groups excluding carboxylic acids is 1. The number of amides is 1. The van der Waals surface area contributed by atoms with Crippen molar-refractivity contribution in [3.8, 4) is 0 Å². The molecule has 194 valence electrons. The molecule has 1 fully saturated rings. The molecule has 7 N–H and O–H groups in total. The molecule has 12 heteroatoms. The van der Waals surface area contributed by atoms with Gasteiger partial charge in [0.15, 0.2) is 5.96 Å². The number of nitrogens with zero attached hydrogens (tertiary/aromatic N) is 2. The maximum atomic E-state index is 13.5. The Balaban J connectivity index is 1.88. The largest absolute Gasteiger partial charge is 0.480 e. The highest BCUT2D eigenvalue weighted by Gasteiger charge is 2.39. The number of aliphatic carboxylic acids is 1. The minimum absolute atomic E-state index is 0.0750. The fraction of sp³-hybridized carbons (Fsp3) is 0.609. The Labute approximate surface area is 206 Å². The number of hydrogen-bond acceptors (Lipinski definition) is 6. The van der Waals surface area contributed by atoms with Crippen molar-refractivity contribution in [3.05, 3.63) is 23.8 Å². The minimum Gasteiger partial charge on any atom is -0.480 e. The number of rotatable bonds is 9. The zero-order chi connectivity index (χ0) is 25.8. The van der Waals surface area contributed by atoms with Gasteiger partial charge in [-0.1, -0.05) is 26.0 Å². The van der Waals surface area contributed by atoms with Crippen LogP contribution >= 0.6 is 0 Å². The number of benzene rings is 1. The molecule has 0 aromatic heterocycles. The number of fused-ring (bicyclic) bond motifs is 1. The first-order chi connectivity index (χ1) is 16.5. The summed E-state index contributed by atoms with van der Waals surface area (Å²) in [5, 5.41) is 12.9. The van der Waals surface area contributed by atoms with Gasteiger partial charge in [0.05, 0.1) is 5.69 Å². The summed E-state index contributed by atoms with van der Waals surface area (Å²) < 4.78 is 29.5. The van der Waals surface area contributed by atoms with E-state index < -0.39 is 34.0 Å². The number of hydrogen-bond donors (Lipinski definition) is 5. The van der Waals surface area contributed by atoms with Crippen molar-refractivity contribution in [1.29, 1.82) is 0 Å². The molecule has 0 bridgehead atoms. The van der Waals surface area contributed by atoms with E-state index in [0.717, 1.165) is 12.0 Å². The van der Waals surface area contributed by atoms with Crippen LogP contribution in [-0.2, 0) is 26.0 Å². The lowest BCUT2D eigenvalue weighted by atomic mass is 9.91. The van der Waals surface area contributed by atoms with Crippen LogP contribution in [-0.4, -0.2) is 68.0 Å². The first-order valence-electron chi connectivity index (χ1n) is 12.0. The number of nitrogens with one attached hydrogen (secondary N) is 2. The van der Waals surface area contributed by atoms with Gasteiger partial charge in [0.2, 0.25) is 15.9 Å². The second kappa shape index (κ2) is 11.3. The number of carboxylic acid groups (broad SMARTS) is 1. The molecule has 0 aliphatic carbocycles. The predicted octanol–water partition coefficient (Wildman–Crippen LogP) is 0.703. The smallest absolute Gasteiger partial charge is 0.326 e. The van der Waals surface area contributed by atoms with Gasteiger partial charge in [0, 0.05) is 19.6 Å². The number of carbonyl (C=O) groups is 2. The second-order valence-corrected chi connectivity index (χ2v) is 11.3. The number of nitrogens with two attached hydrogens (primary N) is 2. The summed E-state index contributed by atoms with van der Waals surface area (Å²) in [6, 6.07) is 2.94. The van der Waals surface area contributed by atoms with E-state index in [2.05, 4.69) is 22.0 Å². The van der Waals surface area contributed by atoms with Crippen LogP contribution < -0.4 is 21.5 Å². The Morgan fingerprint density at radius 2 is 2.03 bits per heavy atom. The molecule has 11 nitrogen and oxygen atoms in total. The standard InChI is InChI=1S/C23H36N6O5S/c1-14-8-10-29(18(12-14)22(31)32)21(30)17(6-4-9-26-23(24)25)28-35(33,34)19-7-3-5-16-11-15(2)13-27-20(16)19/h3,5,7,14-15,17-18,27-28H,4,6,8-13H2,1-2H3,(H,31,32)(H4,24,25,26)/t14-,15+,17?,18+/m1/s1. The van der Waals surface area contributed by atoms with Crippen molar-refractivity contribution in [2.24, 2.45) is 28.3 Å². The van der Waals surface area contributed by atoms with Crippen LogP contribution in [0.2, 0.25) is 0 Å². The van der Waals surface area contributed by atoms with E-state index >= 15 is 0 Å².